The number of fused-ring (bicyclic) bond motifs is 4. The molecule has 0 radical (unpaired) electrons. The van der Waals surface area contributed by atoms with Crippen LogP contribution in [-0.4, -0.2) is 46.5 Å². The number of thioether (sulfide) groups is 1. The average Bonchev–Trinajstić information content (AvgIpc) is 3.00. The fourth-order valence-electron chi connectivity index (χ4n) is 4.97. The van der Waals surface area contributed by atoms with Crippen LogP contribution >= 0.6 is 11.8 Å². The van der Waals surface area contributed by atoms with Gasteiger partial charge in [-0.2, -0.15) is 0 Å². The molecular formula is C24H20FN3O4S. The molecule has 2 aromatic carbocycles. The zero-order valence-electron chi connectivity index (χ0n) is 17.5. The standard InChI is InChI=1S/C24H20FN3O4S/c25-16-6-3-4-14-13-33-18-7-2-1-5-15(18)21(20(14)16)28-19-12-32-11-10-26(19)24(31)22-23(30)17(29)8-9-27(22)28/h1-9,19,21,30H,10-13H2. The summed E-state index contributed by atoms with van der Waals surface area (Å²) in [5.41, 5.74) is 1.50. The van der Waals surface area contributed by atoms with Gasteiger partial charge in [-0.05, 0) is 23.3 Å². The van der Waals surface area contributed by atoms with Gasteiger partial charge in [-0.15, -0.1) is 11.8 Å². The van der Waals surface area contributed by atoms with Gasteiger partial charge in [0.25, 0.3) is 5.91 Å². The average molecular weight is 466 g/mol. The van der Waals surface area contributed by atoms with Crippen molar-refractivity contribution in [3.8, 4) is 5.75 Å². The predicted molar refractivity (Wildman–Crippen MR) is 120 cm³/mol. The summed E-state index contributed by atoms with van der Waals surface area (Å²) in [5, 5.41) is 12.5. The normalized spacial score (nSPS) is 21.5. The van der Waals surface area contributed by atoms with Gasteiger partial charge >= 0.3 is 0 Å². The first-order chi connectivity index (χ1) is 16.1. The monoisotopic (exact) mass is 465 g/mol. The number of halogens is 1. The van der Waals surface area contributed by atoms with Crippen LogP contribution in [0, 0.1) is 5.82 Å². The Hall–Kier alpha value is -3.30. The highest BCUT2D eigenvalue weighted by Crippen LogP contribution is 2.45. The van der Waals surface area contributed by atoms with Gasteiger partial charge in [-0.25, -0.2) is 4.39 Å². The number of amides is 1. The highest BCUT2D eigenvalue weighted by Gasteiger charge is 2.46. The van der Waals surface area contributed by atoms with E-state index in [0.29, 0.717) is 24.5 Å². The number of carbonyl (C=O) groups excluding carboxylic acids is 1. The van der Waals surface area contributed by atoms with Crippen LogP contribution in [0.2, 0.25) is 0 Å². The number of ether oxygens (including phenoxy) is 1. The van der Waals surface area contributed by atoms with Crippen LogP contribution in [0.5, 0.6) is 5.75 Å². The van der Waals surface area contributed by atoms with E-state index in [1.165, 1.54) is 23.0 Å². The first-order valence-corrected chi connectivity index (χ1v) is 11.7. The van der Waals surface area contributed by atoms with Crippen LogP contribution < -0.4 is 10.4 Å². The molecule has 2 unspecified atom stereocenters. The number of nitrogens with zero attached hydrogens (tertiary/aromatic N) is 3. The van der Waals surface area contributed by atoms with Crippen molar-refractivity contribution < 1.29 is 19.0 Å². The Morgan fingerprint density at radius 1 is 1.09 bits per heavy atom. The molecule has 0 spiro atoms. The number of rotatable bonds is 1. The third-order valence-corrected chi connectivity index (χ3v) is 7.59. The summed E-state index contributed by atoms with van der Waals surface area (Å²) in [4.78, 5) is 28.2. The molecule has 9 heteroatoms. The Morgan fingerprint density at radius 3 is 2.82 bits per heavy atom. The van der Waals surface area contributed by atoms with Crippen LogP contribution in [-0.2, 0) is 10.5 Å². The second kappa shape index (κ2) is 7.64. The third kappa shape index (κ3) is 2.99. The minimum absolute atomic E-state index is 0.118. The van der Waals surface area contributed by atoms with Crippen LogP contribution in [0.25, 0.3) is 0 Å². The van der Waals surface area contributed by atoms with E-state index in [0.717, 1.165) is 16.0 Å². The first kappa shape index (κ1) is 20.3. The van der Waals surface area contributed by atoms with Crippen molar-refractivity contribution in [3.63, 3.8) is 0 Å². The highest BCUT2D eigenvalue weighted by molar-refractivity contribution is 7.98. The summed E-state index contributed by atoms with van der Waals surface area (Å²) in [5.74, 6) is -0.801. The predicted octanol–water partition coefficient (Wildman–Crippen LogP) is 2.84. The Labute approximate surface area is 193 Å². The fraction of sp³-hybridized carbons (Fsp3) is 0.250. The van der Waals surface area contributed by atoms with Crippen molar-refractivity contribution in [3.05, 3.63) is 93.2 Å². The lowest BCUT2D eigenvalue weighted by Gasteiger charge is -2.51. The van der Waals surface area contributed by atoms with E-state index >= 15 is 4.39 Å². The van der Waals surface area contributed by atoms with Gasteiger partial charge in [0.15, 0.2) is 11.4 Å². The zero-order valence-corrected chi connectivity index (χ0v) is 18.3. The summed E-state index contributed by atoms with van der Waals surface area (Å²) in [6, 6.07) is 13.5. The summed E-state index contributed by atoms with van der Waals surface area (Å²) in [7, 11) is 0. The fourth-order valence-corrected chi connectivity index (χ4v) is 6.05. The van der Waals surface area contributed by atoms with Crippen molar-refractivity contribution in [2.45, 2.75) is 22.9 Å². The van der Waals surface area contributed by atoms with Crippen molar-refractivity contribution in [1.82, 2.24) is 9.58 Å². The van der Waals surface area contributed by atoms with E-state index in [2.05, 4.69) is 0 Å². The van der Waals surface area contributed by atoms with E-state index in [4.69, 9.17) is 4.74 Å². The molecule has 7 nitrogen and oxygen atoms in total. The summed E-state index contributed by atoms with van der Waals surface area (Å²) >= 11 is 1.63. The number of morpholine rings is 1. The van der Waals surface area contributed by atoms with Gasteiger partial charge in [0, 0.05) is 35.0 Å². The third-order valence-electron chi connectivity index (χ3n) is 6.45. The largest absolute Gasteiger partial charge is 0.502 e. The Bertz CT molecular complexity index is 1340. The molecule has 33 heavy (non-hydrogen) atoms. The molecule has 6 rings (SSSR count). The lowest BCUT2D eigenvalue weighted by molar-refractivity contribution is -0.0198. The Balaban J connectivity index is 1.68. The molecule has 168 valence electrons. The lowest BCUT2D eigenvalue weighted by Crippen LogP contribution is -2.66. The Kier molecular flexibility index (Phi) is 4.70. The zero-order chi connectivity index (χ0) is 22.7. The molecular weight excluding hydrogens is 445 g/mol. The Morgan fingerprint density at radius 2 is 1.94 bits per heavy atom. The van der Waals surface area contributed by atoms with Crippen LogP contribution in [0.4, 0.5) is 4.39 Å². The SMILES string of the molecule is O=C1c2c(O)c(=O)ccn2N(C2c3ccccc3SCc3cccc(F)c32)C2COCCN12. The number of benzene rings is 2. The first-order valence-electron chi connectivity index (χ1n) is 10.7. The summed E-state index contributed by atoms with van der Waals surface area (Å²) in [6.07, 6.45) is 0.928. The lowest BCUT2D eigenvalue weighted by atomic mass is 9.93. The van der Waals surface area contributed by atoms with Gasteiger partial charge in [-0.1, -0.05) is 30.3 Å². The van der Waals surface area contributed by atoms with Crippen LogP contribution in [0.15, 0.2) is 64.4 Å². The van der Waals surface area contributed by atoms with E-state index in [-0.39, 0.29) is 18.1 Å². The van der Waals surface area contributed by atoms with E-state index in [1.807, 2.05) is 35.3 Å². The van der Waals surface area contributed by atoms with Gasteiger partial charge in [0.05, 0.1) is 13.2 Å². The van der Waals surface area contributed by atoms with E-state index < -0.39 is 29.3 Å². The number of aromatic nitrogens is 1. The second-order valence-electron chi connectivity index (χ2n) is 8.20. The van der Waals surface area contributed by atoms with Crippen molar-refractivity contribution in [2.75, 3.05) is 24.8 Å². The molecule has 1 aromatic heterocycles. The van der Waals surface area contributed by atoms with Crippen LogP contribution in [0.3, 0.4) is 0 Å². The number of hydrogen-bond acceptors (Lipinski definition) is 6. The number of carbonyl (C=O) groups is 1. The maximum absolute atomic E-state index is 15.5. The van der Waals surface area contributed by atoms with Gasteiger partial charge < -0.3 is 14.7 Å². The molecule has 1 saturated heterocycles. The molecule has 0 saturated carbocycles. The minimum atomic E-state index is -0.635. The van der Waals surface area contributed by atoms with Gasteiger partial charge in [0.1, 0.15) is 18.0 Å². The second-order valence-corrected chi connectivity index (χ2v) is 9.21. The molecule has 1 amide bonds. The molecule has 4 heterocycles. The summed E-state index contributed by atoms with van der Waals surface area (Å²) < 4.78 is 22.8. The molecule has 1 N–H and O–H groups in total. The minimum Gasteiger partial charge on any atom is -0.502 e. The smallest absolute Gasteiger partial charge is 0.278 e. The molecule has 1 fully saturated rings. The van der Waals surface area contributed by atoms with Gasteiger partial charge in [0.2, 0.25) is 5.43 Å². The maximum atomic E-state index is 15.5. The topological polar surface area (TPSA) is 75.0 Å². The van der Waals surface area contributed by atoms with Crippen molar-refractivity contribution in [1.29, 1.82) is 0 Å². The number of pyridine rings is 1. The van der Waals surface area contributed by atoms with Crippen molar-refractivity contribution >= 4 is 17.7 Å². The van der Waals surface area contributed by atoms with Gasteiger partial charge in [-0.3, -0.25) is 19.3 Å². The highest BCUT2D eigenvalue weighted by atomic mass is 32.2. The molecule has 2 atom stereocenters. The van der Waals surface area contributed by atoms with E-state index in [9.17, 15) is 14.7 Å². The molecule has 0 bridgehead atoms. The van der Waals surface area contributed by atoms with Crippen LogP contribution in [0.1, 0.15) is 33.2 Å². The number of aromatic hydroxyl groups is 1. The molecule has 3 aromatic rings. The molecule has 3 aliphatic heterocycles. The molecule has 0 aliphatic carbocycles. The van der Waals surface area contributed by atoms with E-state index in [1.54, 1.807) is 22.7 Å². The quantitative estimate of drug-likeness (QED) is 0.596. The summed E-state index contributed by atoms with van der Waals surface area (Å²) in [6.45, 7) is 0.861. The number of hydrogen-bond donors (Lipinski definition) is 1. The van der Waals surface area contributed by atoms with Crippen molar-refractivity contribution in [2.24, 2.45) is 0 Å². The maximum Gasteiger partial charge on any atom is 0.278 e. The molecule has 3 aliphatic rings.